The minimum Gasteiger partial charge on any atom is -0.310 e. The van der Waals surface area contributed by atoms with Gasteiger partial charge in [-0.1, -0.05) is 66.7 Å². The fourth-order valence-corrected chi connectivity index (χ4v) is 5.42. The summed E-state index contributed by atoms with van der Waals surface area (Å²) in [5.74, 6) is 0. The molecule has 0 unspecified atom stereocenters. The van der Waals surface area contributed by atoms with E-state index in [2.05, 4.69) is 107 Å². The first-order valence-corrected chi connectivity index (χ1v) is 12.5. The van der Waals surface area contributed by atoms with Crippen molar-refractivity contribution >= 4 is 28.5 Å². The number of benzene rings is 4. The monoisotopic (exact) mass is 463 g/mol. The van der Waals surface area contributed by atoms with E-state index in [-0.39, 0.29) is 0 Å². The van der Waals surface area contributed by atoms with Crippen LogP contribution in [0.1, 0.15) is 22.3 Å². The van der Waals surface area contributed by atoms with Crippen LogP contribution in [-0.4, -0.2) is 10.7 Å². The first kappa shape index (κ1) is 20.8. The van der Waals surface area contributed by atoms with Crippen LogP contribution < -0.4 is 4.90 Å². The third-order valence-corrected chi connectivity index (χ3v) is 7.23. The topological polar surface area (TPSA) is 28.5 Å². The summed E-state index contributed by atoms with van der Waals surface area (Å²) >= 11 is 0. The highest BCUT2D eigenvalue weighted by Crippen LogP contribution is 2.43. The highest BCUT2D eigenvalue weighted by Gasteiger charge is 2.24. The zero-order valence-electron chi connectivity index (χ0n) is 19.9. The molecule has 3 nitrogen and oxygen atoms in total. The van der Waals surface area contributed by atoms with Gasteiger partial charge in [0.25, 0.3) is 0 Å². The highest BCUT2D eigenvalue weighted by molar-refractivity contribution is 6.07. The number of para-hydroxylation sites is 2. The third-order valence-electron chi connectivity index (χ3n) is 7.23. The quantitative estimate of drug-likeness (QED) is 0.271. The number of hydrogen-bond donors (Lipinski definition) is 0. The molecule has 0 fully saturated rings. The van der Waals surface area contributed by atoms with E-state index in [9.17, 15) is 0 Å². The number of aliphatic imine (C=N–C) groups is 1. The van der Waals surface area contributed by atoms with Crippen LogP contribution >= 0.6 is 0 Å². The summed E-state index contributed by atoms with van der Waals surface area (Å²) in [6.07, 6.45) is 4.76. The lowest BCUT2D eigenvalue weighted by atomic mass is 9.99. The molecule has 172 valence electrons. The van der Waals surface area contributed by atoms with Crippen molar-refractivity contribution in [1.82, 2.24) is 4.98 Å². The summed E-state index contributed by atoms with van der Waals surface area (Å²) in [5.41, 5.74) is 13.1. The van der Waals surface area contributed by atoms with Crippen LogP contribution in [0.25, 0.3) is 11.3 Å². The van der Waals surface area contributed by atoms with Crippen molar-refractivity contribution in [3.05, 3.63) is 138 Å². The van der Waals surface area contributed by atoms with Crippen molar-refractivity contribution in [2.75, 3.05) is 4.90 Å². The molecule has 0 N–H and O–H groups in total. The van der Waals surface area contributed by atoms with Gasteiger partial charge in [-0.3, -0.25) is 9.98 Å². The summed E-state index contributed by atoms with van der Waals surface area (Å²) in [7, 11) is 0. The Hall–Kier alpha value is -4.50. The molecule has 0 saturated heterocycles. The number of rotatable bonds is 3. The first-order chi connectivity index (χ1) is 17.8. The summed E-state index contributed by atoms with van der Waals surface area (Å²) in [6.45, 7) is 0. The number of nitrogens with zero attached hydrogens (tertiary/aromatic N) is 3. The van der Waals surface area contributed by atoms with E-state index in [1.807, 2.05) is 18.3 Å². The normalized spacial score (nSPS) is 13.9. The van der Waals surface area contributed by atoms with Crippen LogP contribution in [0.5, 0.6) is 0 Å². The Kier molecular flexibility index (Phi) is 4.99. The van der Waals surface area contributed by atoms with Gasteiger partial charge >= 0.3 is 0 Å². The molecule has 2 aliphatic rings. The van der Waals surface area contributed by atoms with Gasteiger partial charge < -0.3 is 4.90 Å². The molecule has 0 saturated carbocycles. The van der Waals surface area contributed by atoms with E-state index in [1.54, 1.807) is 0 Å². The molecule has 7 rings (SSSR count). The highest BCUT2D eigenvalue weighted by atomic mass is 15.1. The number of pyridine rings is 1. The molecule has 0 atom stereocenters. The Morgan fingerprint density at radius 1 is 0.583 bits per heavy atom. The number of fused-ring (bicyclic) bond motifs is 3. The summed E-state index contributed by atoms with van der Waals surface area (Å²) in [4.78, 5) is 12.0. The molecule has 0 radical (unpaired) electrons. The van der Waals surface area contributed by atoms with Crippen LogP contribution in [0.4, 0.5) is 22.7 Å². The van der Waals surface area contributed by atoms with Crippen LogP contribution in [0.2, 0.25) is 0 Å². The van der Waals surface area contributed by atoms with E-state index >= 15 is 0 Å². The molecule has 3 heterocycles. The molecular weight excluding hydrogens is 438 g/mol. The molecule has 5 aromatic rings. The second-order valence-electron chi connectivity index (χ2n) is 9.44. The largest absolute Gasteiger partial charge is 0.310 e. The number of anilines is 3. The average Bonchev–Trinajstić information content (AvgIpc) is 3.31. The summed E-state index contributed by atoms with van der Waals surface area (Å²) < 4.78 is 0. The fourth-order valence-electron chi connectivity index (χ4n) is 5.42. The van der Waals surface area contributed by atoms with E-state index in [0.29, 0.717) is 0 Å². The van der Waals surface area contributed by atoms with Crippen molar-refractivity contribution in [2.24, 2.45) is 4.99 Å². The van der Waals surface area contributed by atoms with Gasteiger partial charge in [0.15, 0.2) is 0 Å². The molecule has 36 heavy (non-hydrogen) atoms. The molecular formula is C33H25N3. The Labute approximate surface area is 211 Å². The standard InChI is InChI=1S/C33H25N3/c1-3-13-30-26(9-1)21-31(35-30)27-18-17-24-16-15-23-8-2-4-14-32(23)36(33(24)22-27)28-11-7-10-25(20-28)29-12-5-6-19-34-29/h1-14,17-20,22H,15-16,21H2. The molecule has 0 bridgehead atoms. The van der Waals surface area contributed by atoms with E-state index in [0.717, 1.165) is 47.6 Å². The van der Waals surface area contributed by atoms with Crippen molar-refractivity contribution in [1.29, 1.82) is 0 Å². The van der Waals surface area contributed by atoms with Crippen LogP contribution in [-0.2, 0) is 19.3 Å². The Bertz CT molecular complexity index is 1620. The number of aromatic nitrogens is 1. The van der Waals surface area contributed by atoms with Gasteiger partial charge in [0, 0.05) is 35.2 Å². The lowest BCUT2D eigenvalue weighted by molar-refractivity contribution is 0.977. The second-order valence-corrected chi connectivity index (χ2v) is 9.44. The maximum atomic E-state index is 4.98. The maximum absolute atomic E-state index is 4.98. The molecule has 1 aromatic heterocycles. The molecule has 0 spiro atoms. The molecule has 0 amide bonds. The molecule has 2 aliphatic heterocycles. The lowest BCUT2D eigenvalue weighted by Gasteiger charge is -2.28. The lowest BCUT2D eigenvalue weighted by Crippen LogP contribution is -2.13. The van der Waals surface area contributed by atoms with E-state index < -0.39 is 0 Å². The smallest absolute Gasteiger partial charge is 0.0702 e. The van der Waals surface area contributed by atoms with Gasteiger partial charge in [-0.15, -0.1) is 0 Å². The van der Waals surface area contributed by atoms with Crippen molar-refractivity contribution < 1.29 is 0 Å². The van der Waals surface area contributed by atoms with Crippen molar-refractivity contribution in [3.63, 3.8) is 0 Å². The molecule has 0 aliphatic carbocycles. The predicted octanol–water partition coefficient (Wildman–Crippen LogP) is 7.99. The van der Waals surface area contributed by atoms with Crippen molar-refractivity contribution in [3.8, 4) is 11.3 Å². The zero-order chi connectivity index (χ0) is 23.9. The van der Waals surface area contributed by atoms with E-state index in [1.165, 1.54) is 33.6 Å². The zero-order valence-corrected chi connectivity index (χ0v) is 19.9. The summed E-state index contributed by atoms with van der Waals surface area (Å²) in [5, 5.41) is 0. The molecule has 3 heteroatoms. The van der Waals surface area contributed by atoms with Crippen LogP contribution in [0.3, 0.4) is 0 Å². The Morgan fingerprint density at radius 2 is 1.39 bits per heavy atom. The van der Waals surface area contributed by atoms with Gasteiger partial charge in [-0.2, -0.15) is 0 Å². The van der Waals surface area contributed by atoms with Gasteiger partial charge in [-0.05, 0) is 77.6 Å². The van der Waals surface area contributed by atoms with Gasteiger partial charge in [-0.25, -0.2) is 0 Å². The van der Waals surface area contributed by atoms with Gasteiger partial charge in [0.05, 0.1) is 17.1 Å². The van der Waals surface area contributed by atoms with Crippen LogP contribution in [0, 0.1) is 0 Å². The van der Waals surface area contributed by atoms with Crippen LogP contribution in [0.15, 0.2) is 120 Å². The van der Waals surface area contributed by atoms with Crippen molar-refractivity contribution in [2.45, 2.75) is 19.3 Å². The molecule has 4 aromatic carbocycles. The minimum atomic E-state index is 0.876. The van der Waals surface area contributed by atoms with E-state index in [4.69, 9.17) is 4.99 Å². The maximum Gasteiger partial charge on any atom is 0.0702 e. The van der Waals surface area contributed by atoms with Gasteiger partial charge in [0.2, 0.25) is 0 Å². The minimum absolute atomic E-state index is 0.876. The Morgan fingerprint density at radius 3 is 2.25 bits per heavy atom. The second kappa shape index (κ2) is 8.62. The predicted molar refractivity (Wildman–Crippen MR) is 148 cm³/mol. The number of aryl methyl sites for hydroxylation is 2. The summed E-state index contributed by atoms with van der Waals surface area (Å²) in [6, 6.07) is 38.9. The fraction of sp³-hybridized carbons (Fsp3) is 0.0909. The number of hydrogen-bond acceptors (Lipinski definition) is 3. The first-order valence-electron chi connectivity index (χ1n) is 12.5. The SMILES string of the molecule is c1ccc(-c2cccc(N3c4ccccc4CCc4ccc(C5=Nc6ccccc6C5)cc43)c2)nc1. The Balaban J connectivity index is 1.39. The van der Waals surface area contributed by atoms with Gasteiger partial charge in [0.1, 0.15) is 0 Å². The third kappa shape index (κ3) is 3.61. The average molecular weight is 464 g/mol.